The van der Waals surface area contributed by atoms with Gasteiger partial charge in [-0.3, -0.25) is 4.79 Å². The third-order valence-corrected chi connectivity index (χ3v) is 7.32. The molecule has 1 atom stereocenters. The summed E-state index contributed by atoms with van der Waals surface area (Å²) in [5.74, 6) is -0.291. The number of hydrogen-bond acceptors (Lipinski definition) is 5. The molecule has 0 aromatic heterocycles. The van der Waals surface area contributed by atoms with Crippen LogP contribution in [0.4, 0.5) is 4.79 Å². The Hall–Kier alpha value is -2.63. The highest BCUT2D eigenvalue weighted by Gasteiger charge is 2.41. The molecule has 0 bridgehead atoms. The number of nitrogens with one attached hydrogen (secondary N) is 1. The van der Waals surface area contributed by atoms with Crippen LogP contribution in [0.25, 0.3) is 0 Å². The van der Waals surface area contributed by atoms with E-state index in [-0.39, 0.29) is 24.5 Å². The molecule has 0 aliphatic carbocycles. The fourth-order valence-corrected chi connectivity index (χ4v) is 5.12. The lowest BCUT2D eigenvalue weighted by Gasteiger charge is -2.39. The van der Waals surface area contributed by atoms with Crippen molar-refractivity contribution in [3.8, 4) is 11.5 Å². The SMILES string of the molecule is CC(C)(C)NC(=O)N1CCN(S(=O)(=O)c2ccc(Oc3ccc(Br)cc3)cc2)C(C(=O)O)C1. The van der Waals surface area contributed by atoms with Crippen molar-refractivity contribution in [3.63, 3.8) is 0 Å². The summed E-state index contributed by atoms with van der Waals surface area (Å²) in [6.07, 6.45) is 0. The summed E-state index contributed by atoms with van der Waals surface area (Å²) in [6, 6.07) is 11.1. The van der Waals surface area contributed by atoms with Gasteiger partial charge in [-0.15, -0.1) is 0 Å². The van der Waals surface area contributed by atoms with Crippen molar-refractivity contribution < 1.29 is 27.9 Å². The molecule has 2 aromatic rings. The Kier molecular flexibility index (Phi) is 7.35. The number of sulfonamides is 1. The number of amides is 2. The van der Waals surface area contributed by atoms with Crippen LogP contribution in [0.5, 0.6) is 11.5 Å². The number of carbonyl (C=O) groups is 2. The molecular weight excluding hydrogens is 514 g/mol. The standard InChI is InChI=1S/C22H26BrN3O6S/c1-22(2,3)24-21(29)25-12-13-26(19(14-25)20(27)28)33(30,31)18-10-8-17(9-11-18)32-16-6-4-15(23)5-7-16/h4-11,19H,12-14H2,1-3H3,(H,24,29)(H,27,28). The number of carbonyl (C=O) groups excluding carboxylic acids is 1. The topological polar surface area (TPSA) is 116 Å². The van der Waals surface area contributed by atoms with Crippen molar-refractivity contribution >= 4 is 38.0 Å². The van der Waals surface area contributed by atoms with Crippen LogP contribution in [0.3, 0.4) is 0 Å². The van der Waals surface area contributed by atoms with Gasteiger partial charge in [0.05, 0.1) is 4.90 Å². The highest BCUT2D eigenvalue weighted by molar-refractivity contribution is 9.10. The number of halogens is 1. The number of hydrogen-bond donors (Lipinski definition) is 2. The molecule has 1 fully saturated rings. The maximum Gasteiger partial charge on any atom is 0.323 e. The van der Waals surface area contributed by atoms with Crippen LogP contribution in [0, 0.1) is 0 Å². The second kappa shape index (κ2) is 9.70. The summed E-state index contributed by atoms with van der Waals surface area (Å²) >= 11 is 3.35. The maximum absolute atomic E-state index is 13.2. The minimum Gasteiger partial charge on any atom is -0.480 e. The van der Waals surface area contributed by atoms with Crippen LogP contribution in [0.1, 0.15) is 20.8 Å². The Morgan fingerprint density at radius 1 is 1.03 bits per heavy atom. The number of carboxylic acid groups (broad SMARTS) is 1. The number of benzene rings is 2. The molecule has 0 saturated carbocycles. The number of nitrogens with zero attached hydrogens (tertiary/aromatic N) is 2. The second-order valence-corrected chi connectivity index (χ2v) is 11.4. The van der Waals surface area contributed by atoms with E-state index in [4.69, 9.17) is 4.74 Å². The summed E-state index contributed by atoms with van der Waals surface area (Å²) < 4.78 is 34.0. The molecule has 1 aliphatic rings. The molecule has 1 unspecified atom stereocenters. The van der Waals surface area contributed by atoms with Gasteiger partial charge in [0.15, 0.2) is 0 Å². The molecule has 2 aromatic carbocycles. The van der Waals surface area contributed by atoms with E-state index in [1.165, 1.54) is 29.2 Å². The highest BCUT2D eigenvalue weighted by Crippen LogP contribution is 2.27. The number of rotatable bonds is 5. The molecule has 0 radical (unpaired) electrons. The Bertz CT molecular complexity index is 1110. The first-order valence-corrected chi connectivity index (χ1v) is 12.5. The van der Waals surface area contributed by atoms with Crippen molar-refractivity contribution in [1.82, 2.24) is 14.5 Å². The number of carboxylic acids is 1. The zero-order valence-electron chi connectivity index (χ0n) is 18.5. The Labute approximate surface area is 201 Å². The average Bonchev–Trinajstić information content (AvgIpc) is 2.74. The third-order valence-electron chi connectivity index (χ3n) is 4.87. The van der Waals surface area contributed by atoms with Crippen LogP contribution < -0.4 is 10.1 Å². The van der Waals surface area contributed by atoms with E-state index in [1.54, 1.807) is 12.1 Å². The van der Waals surface area contributed by atoms with E-state index < -0.39 is 33.6 Å². The molecule has 0 spiro atoms. The summed E-state index contributed by atoms with van der Waals surface area (Å²) in [7, 11) is -4.10. The van der Waals surface area contributed by atoms with Crippen molar-refractivity contribution in [2.24, 2.45) is 0 Å². The summed E-state index contributed by atoms with van der Waals surface area (Å²) in [5, 5.41) is 12.5. The highest BCUT2D eigenvalue weighted by atomic mass is 79.9. The predicted molar refractivity (Wildman–Crippen MR) is 126 cm³/mol. The Morgan fingerprint density at radius 3 is 2.09 bits per heavy atom. The molecular formula is C22H26BrN3O6S. The van der Waals surface area contributed by atoms with Gasteiger partial charge in [0.1, 0.15) is 17.5 Å². The first-order valence-electron chi connectivity index (χ1n) is 10.2. The monoisotopic (exact) mass is 539 g/mol. The van der Waals surface area contributed by atoms with E-state index in [9.17, 15) is 23.1 Å². The van der Waals surface area contributed by atoms with Gasteiger partial charge in [-0.25, -0.2) is 13.2 Å². The van der Waals surface area contributed by atoms with Gasteiger partial charge in [0.25, 0.3) is 0 Å². The molecule has 1 heterocycles. The van der Waals surface area contributed by atoms with E-state index in [2.05, 4.69) is 21.2 Å². The number of piperazine rings is 1. The predicted octanol–water partition coefficient (Wildman–Crippen LogP) is 3.51. The third kappa shape index (κ3) is 6.24. The lowest BCUT2D eigenvalue weighted by Crippen LogP contribution is -2.61. The molecule has 33 heavy (non-hydrogen) atoms. The molecule has 178 valence electrons. The molecule has 2 N–H and O–H groups in total. The van der Waals surface area contributed by atoms with E-state index in [0.29, 0.717) is 11.5 Å². The van der Waals surface area contributed by atoms with Crippen LogP contribution >= 0.6 is 15.9 Å². The normalized spacial score (nSPS) is 17.5. The second-order valence-electron chi connectivity index (χ2n) is 8.62. The van der Waals surface area contributed by atoms with Gasteiger partial charge in [-0.1, -0.05) is 15.9 Å². The largest absolute Gasteiger partial charge is 0.480 e. The molecule has 3 rings (SSSR count). The first-order chi connectivity index (χ1) is 15.4. The van der Waals surface area contributed by atoms with Crippen LogP contribution in [0.15, 0.2) is 57.9 Å². The molecule has 2 amide bonds. The van der Waals surface area contributed by atoms with Crippen LogP contribution in [-0.4, -0.2) is 65.9 Å². The minimum atomic E-state index is -4.10. The Morgan fingerprint density at radius 2 is 1.58 bits per heavy atom. The summed E-state index contributed by atoms with van der Waals surface area (Å²) in [5.41, 5.74) is -0.501. The molecule has 1 saturated heterocycles. The van der Waals surface area contributed by atoms with Gasteiger partial charge in [-0.05, 0) is 69.3 Å². The van der Waals surface area contributed by atoms with Gasteiger partial charge >= 0.3 is 12.0 Å². The molecule has 1 aliphatic heterocycles. The van der Waals surface area contributed by atoms with Gasteiger partial charge in [0.2, 0.25) is 10.0 Å². The fraction of sp³-hybridized carbons (Fsp3) is 0.364. The van der Waals surface area contributed by atoms with E-state index in [0.717, 1.165) is 8.78 Å². The van der Waals surface area contributed by atoms with Gasteiger partial charge < -0.3 is 20.1 Å². The van der Waals surface area contributed by atoms with Crippen molar-refractivity contribution in [3.05, 3.63) is 53.0 Å². The number of aliphatic carboxylic acids is 1. The van der Waals surface area contributed by atoms with Crippen molar-refractivity contribution in [2.45, 2.75) is 37.2 Å². The fourth-order valence-electron chi connectivity index (χ4n) is 3.29. The van der Waals surface area contributed by atoms with Crippen LogP contribution in [-0.2, 0) is 14.8 Å². The smallest absolute Gasteiger partial charge is 0.323 e. The zero-order valence-corrected chi connectivity index (χ0v) is 20.9. The van der Waals surface area contributed by atoms with Crippen LogP contribution in [0.2, 0.25) is 0 Å². The summed E-state index contributed by atoms with van der Waals surface area (Å²) in [4.78, 5) is 25.6. The Balaban J connectivity index is 1.76. The zero-order chi connectivity index (χ0) is 24.4. The maximum atomic E-state index is 13.2. The quantitative estimate of drug-likeness (QED) is 0.600. The van der Waals surface area contributed by atoms with Gasteiger partial charge in [-0.2, -0.15) is 4.31 Å². The lowest BCUT2D eigenvalue weighted by molar-refractivity contribution is -0.142. The molecule has 9 nitrogen and oxygen atoms in total. The van der Waals surface area contributed by atoms with E-state index in [1.807, 2.05) is 32.9 Å². The summed E-state index contributed by atoms with van der Waals surface area (Å²) in [6.45, 7) is 5.13. The number of urea groups is 1. The van der Waals surface area contributed by atoms with Crippen molar-refractivity contribution in [1.29, 1.82) is 0 Å². The van der Waals surface area contributed by atoms with Gasteiger partial charge in [0, 0.05) is 29.6 Å². The first kappa shape index (κ1) is 25.0. The molecule has 11 heteroatoms. The minimum absolute atomic E-state index is 0.0514. The van der Waals surface area contributed by atoms with E-state index >= 15 is 0 Å². The van der Waals surface area contributed by atoms with Crippen molar-refractivity contribution in [2.75, 3.05) is 19.6 Å². The lowest BCUT2D eigenvalue weighted by atomic mass is 10.1. The average molecular weight is 540 g/mol. The number of ether oxygens (including phenoxy) is 1.